The molecule has 0 aliphatic rings. The van der Waals surface area contributed by atoms with Crippen molar-refractivity contribution in [1.82, 2.24) is 10.3 Å². The van der Waals surface area contributed by atoms with E-state index in [1.807, 2.05) is 12.4 Å². The Bertz CT molecular complexity index is 380. The van der Waals surface area contributed by atoms with Gasteiger partial charge in [0.05, 0.1) is 3.79 Å². The first-order valence-corrected chi connectivity index (χ1v) is 6.07. The fourth-order valence-electron chi connectivity index (χ4n) is 1.26. The SMILES string of the molecule is Brc1cc(CNCc2cc[nH]c2)cs1. The minimum atomic E-state index is 0.914. The van der Waals surface area contributed by atoms with Crippen LogP contribution in [0.2, 0.25) is 0 Å². The van der Waals surface area contributed by atoms with Crippen LogP contribution >= 0.6 is 27.3 Å². The molecule has 2 aromatic heterocycles. The second-order valence-corrected chi connectivity index (χ2v) is 5.37. The summed E-state index contributed by atoms with van der Waals surface area (Å²) in [5.74, 6) is 0. The average Bonchev–Trinajstić information content (AvgIpc) is 2.77. The van der Waals surface area contributed by atoms with Gasteiger partial charge in [0.1, 0.15) is 0 Å². The molecule has 0 fully saturated rings. The number of aromatic amines is 1. The lowest BCUT2D eigenvalue weighted by Crippen LogP contribution is -2.11. The lowest BCUT2D eigenvalue weighted by Gasteiger charge is -2.00. The molecule has 0 radical (unpaired) electrons. The highest BCUT2D eigenvalue weighted by Crippen LogP contribution is 2.20. The zero-order chi connectivity index (χ0) is 9.80. The van der Waals surface area contributed by atoms with Gasteiger partial charge < -0.3 is 10.3 Å². The van der Waals surface area contributed by atoms with Gasteiger partial charge in [-0.2, -0.15) is 0 Å². The molecule has 0 aromatic carbocycles. The molecule has 0 aliphatic heterocycles. The number of rotatable bonds is 4. The molecule has 2 rings (SSSR count). The molecule has 0 saturated heterocycles. The van der Waals surface area contributed by atoms with Gasteiger partial charge in [-0.05, 0) is 44.6 Å². The van der Waals surface area contributed by atoms with Crippen LogP contribution in [-0.4, -0.2) is 4.98 Å². The van der Waals surface area contributed by atoms with Crippen LogP contribution in [0, 0.1) is 0 Å². The lowest BCUT2D eigenvalue weighted by molar-refractivity contribution is 0.695. The van der Waals surface area contributed by atoms with E-state index in [2.05, 4.69) is 43.7 Å². The van der Waals surface area contributed by atoms with E-state index in [1.54, 1.807) is 11.3 Å². The largest absolute Gasteiger partial charge is 0.367 e. The highest BCUT2D eigenvalue weighted by Gasteiger charge is 1.97. The summed E-state index contributed by atoms with van der Waals surface area (Å²) >= 11 is 5.17. The molecule has 2 N–H and O–H groups in total. The highest BCUT2D eigenvalue weighted by molar-refractivity contribution is 9.11. The third-order valence-corrected chi connectivity index (χ3v) is 3.50. The molecule has 4 heteroatoms. The van der Waals surface area contributed by atoms with Crippen molar-refractivity contribution in [3.8, 4) is 0 Å². The standard InChI is InChI=1S/C10H11BrN2S/c11-10-3-9(7-14-10)6-13-5-8-1-2-12-4-8/h1-4,7,12-13H,5-6H2. The lowest BCUT2D eigenvalue weighted by atomic mass is 10.3. The molecule has 14 heavy (non-hydrogen) atoms. The third kappa shape index (κ3) is 2.70. The van der Waals surface area contributed by atoms with Crippen LogP contribution in [0.3, 0.4) is 0 Å². The van der Waals surface area contributed by atoms with Gasteiger partial charge in [-0.25, -0.2) is 0 Å². The number of hydrogen-bond acceptors (Lipinski definition) is 2. The van der Waals surface area contributed by atoms with Crippen molar-refractivity contribution in [2.45, 2.75) is 13.1 Å². The first-order valence-electron chi connectivity index (χ1n) is 4.40. The Morgan fingerprint density at radius 1 is 1.36 bits per heavy atom. The normalized spacial score (nSPS) is 10.6. The molecule has 0 bridgehead atoms. The molecule has 2 aromatic rings. The van der Waals surface area contributed by atoms with Crippen LogP contribution in [0.4, 0.5) is 0 Å². The Balaban J connectivity index is 1.78. The van der Waals surface area contributed by atoms with Crippen molar-refractivity contribution in [2.75, 3.05) is 0 Å². The first kappa shape index (κ1) is 9.96. The molecule has 0 amide bonds. The number of hydrogen-bond donors (Lipinski definition) is 2. The van der Waals surface area contributed by atoms with E-state index in [-0.39, 0.29) is 0 Å². The van der Waals surface area contributed by atoms with E-state index >= 15 is 0 Å². The Hall–Kier alpha value is -0.580. The van der Waals surface area contributed by atoms with Gasteiger partial charge in [0.25, 0.3) is 0 Å². The van der Waals surface area contributed by atoms with Crippen molar-refractivity contribution in [3.63, 3.8) is 0 Å². The number of H-pyrrole nitrogens is 1. The quantitative estimate of drug-likeness (QED) is 0.878. The molecule has 0 saturated carbocycles. The number of aromatic nitrogens is 1. The van der Waals surface area contributed by atoms with Crippen molar-refractivity contribution in [1.29, 1.82) is 0 Å². The molecule has 0 aliphatic carbocycles. The summed E-state index contributed by atoms with van der Waals surface area (Å²) in [7, 11) is 0. The van der Waals surface area contributed by atoms with Gasteiger partial charge in [0.2, 0.25) is 0 Å². The van der Waals surface area contributed by atoms with Crippen LogP contribution in [-0.2, 0) is 13.1 Å². The van der Waals surface area contributed by atoms with Gasteiger partial charge in [0.15, 0.2) is 0 Å². The Morgan fingerprint density at radius 3 is 2.86 bits per heavy atom. The maximum absolute atomic E-state index is 3.45. The monoisotopic (exact) mass is 270 g/mol. The average molecular weight is 271 g/mol. The molecule has 0 atom stereocenters. The van der Waals surface area contributed by atoms with Crippen LogP contribution < -0.4 is 5.32 Å². The number of halogens is 1. The van der Waals surface area contributed by atoms with E-state index in [0.29, 0.717) is 0 Å². The molecule has 0 spiro atoms. The molecule has 74 valence electrons. The van der Waals surface area contributed by atoms with Crippen LogP contribution in [0.25, 0.3) is 0 Å². The molecule has 0 unspecified atom stereocenters. The fraction of sp³-hybridized carbons (Fsp3) is 0.200. The van der Waals surface area contributed by atoms with Crippen molar-refractivity contribution in [2.24, 2.45) is 0 Å². The number of nitrogens with one attached hydrogen (secondary N) is 2. The van der Waals surface area contributed by atoms with Crippen molar-refractivity contribution in [3.05, 3.63) is 44.8 Å². The zero-order valence-corrected chi connectivity index (χ0v) is 9.99. The first-order chi connectivity index (χ1) is 6.84. The van der Waals surface area contributed by atoms with E-state index in [9.17, 15) is 0 Å². The molecular weight excluding hydrogens is 260 g/mol. The summed E-state index contributed by atoms with van der Waals surface area (Å²) in [6, 6.07) is 4.23. The third-order valence-electron chi connectivity index (χ3n) is 1.94. The van der Waals surface area contributed by atoms with Crippen LogP contribution in [0.5, 0.6) is 0 Å². The van der Waals surface area contributed by atoms with Gasteiger partial charge in [-0.15, -0.1) is 11.3 Å². The summed E-state index contributed by atoms with van der Waals surface area (Å²) in [6.45, 7) is 1.84. The maximum Gasteiger partial charge on any atom is 0.0701 e. The summed E-state index contributed by atoms with van der Waals surface area (Å²) in [6.07, 6.45) is 3.95. The fourth-order valence-corrected chi connectivity index (χ4v) is 2.47. The predicted molar refractivity (Wildman–Crippen MR) is 63.4 cm³/mol. The van der Waals surface area contributed by atoms with E-state index in [0.717, 1.165) is 13.1 Å². The van der Waals surface area contributed by atoms with E-state index in [4.69, 9.17) is 0 Å². The second kappa shape index (κ2) is 4.77. The van der Waals surface area contributed by atoms with Crippen LogP contribution in [0.1, 0.15) is 11.1 Å². The number of thiophene rings is 1. The molecule has 2 nitrogen and oxygen atoms in total. The minimum Gasteiger partial charge on any atom is -0.367 e. The molecule has 2 heterocycles. The smallest absolute Gasteiger partial charge is 0.0701 e. The Labute approximate surface area is 95.5 Å². The minimum absolute atomic E-state index is 0.914. The van der Waals surface area contributed by atoms with Gasteiger partial charge in [-0.3, -0.25) is 0 Å². The zero-order valence-electron chi connectivity index (χ0n) is 7.59. The topological polar surface area (TPSA) is 27.8 Å². The van der Waals surface area contributed by atoms with E-state index < -0.39 is 0 Å². The molecular formula is C10H11BrN2S. The maximum atomic E-state index is 3.45. The summed E-state index contributed by atoms with van der Waals surface area (Å²) < 4.78 is 1.19. The van der Waals surface area contributed by atoms with Crippen molar-refractivity contribution < 1.29 is 0 Å². The highest BCUT2D eigenvalue weighted by atomic mass is 79.9. The van der Waals surface area contributed by atoms with Crippen molar-refractivity contribution >= 4 is 27.3 Å². The van der Waals surface area contributed by atoms with Crippen LogP contribution in [0.15, 0.2) is 33.7 Å². The van der Waals surface area contributed by atoms with Gasteiger partial charge in [0, 0.05) is 25.5 Å². The Kier molecular flexibility index (Phi) is 3.39. The summed E-state index contributed by atoms with van der Waals surface area (Å²) in [4.78, 5) is 3.04. The second-order valence-electron chi connectivity index (χ2n) is 3.08. The van der Waals surface area contributed by atoms with Gasteiger partial charge in [-0.1, -0.05) is 0 Å². The Morgan fingerprint density at radius 2 is 2.21 bits per heavy atom. The summed E-state index contributed by atoms with van der Waals surface area (Å²) in [5.41, 5.74) is 2.62. The summed E-state index contributed by atoms with van der Waals surface area (Å²) in [5, 5.41) is 5.54. The predicted octanol–water partition coefficient (Wildman–Crippen LogP) is 3.13. The van der Waals surface area contributed by atoms with Gasteiger partial charge >= 0.3 is 0 Å². The van der Waals surface area contributed by atoms with E-state index in [1.165, 1.54) is 14.9 Å².